The van der Waals surface area contributed by atoms with Gasteiger partial charge in [0.15, 0.2) is 0 Å². The van der Waals surface area contributed by atoms with E-state index in [0.717, 1.165) is 44.7 Å². The van der Waals surface area contributed by atoms with E-state index in [-0.39, 0.29) is 5.91 Å². The normalized spacial score (nSPS) is 10.8. The maximum absolute atomic E-state index is 13.4. The summed E-state index contributed by atoms with van der Waals surface area (Å²) in [5, 5.41) is 4.11. The van der Waals surface area contributed by atoms with E-state index in [1.54, 1.807) is 12.5 Å². The van der Waals surface area contributed by atoms with Gasteiger partial charge in [0.25, 0.3) is 0 Å². The maximum Gasteiger partial charge on any atom is 0.227 e. The van der Waals surface area contributed by atoms with Gasteiger partial charge in [-0.1, -0.05) is 60.7 Å². The van der Waals surface area contributed by atoms with Gasteiger partial charge in [0.2, 0.25) is 5.91 Å². The van der Waals surface area contributed by atoms with E-state index in [9.17, 15) is 4.79 Å². The Kier molecular flexibility index (Phi) is 6.94. The van der Waals surface area contributed by atoms with Crippen LogP contribution in [-0.2, 0) is 24.3 Å². The molecule has 0 saturated heterocycles. The largest absolute Gasteiger partial charge is 0.373 e. The van der Waals surface area contributed by atoms with Crippen LogP contribution in [0.1, 0.15) is 16.8 Å². The summed E-state index contributed by atoms with van der Waals surface area (Å²) in [6, 6.07) is 30.2. The Morgan fingerprint density at radius 1 is 0.778 bits per heavy atom. The van der Waals surface area contributed by atoms with Crippen molar-refractivity contribution < 1.29 is 4.79 Å². The number of anilines is 1. The molecule has 0 aliphatic heterocycles. The van der Waals surface area contributed by atoms with Crippen molar-refractivity contribution in [2.75, 3.05) is 12.4 Å². The number of hydrogen-bond donors (Lipinski definition) is 1. The number of nitrogens with zero attached hydrogens (tertiary/aromatic N) is 4. The first kappa shape index (κ1) is 23.2. The first-order valence-electron chi connectivity index (χ1n) is 11.9. The van der Waals surface area contributed by atoms with Crippen molar-refractivity contribution in [2.24, 2.45) is 0 Å². The summed E-state index contributed by atoms with van der Waals surface area (Å²) in [5.41, 5.74) is 5.96. The molecule has 36 heavy (non-hydrogen) atoms. The summed E-state index contributed by atoms with van der Waals surface area (Å²) in [6.45, 7) is 0.949. The minimum absolute atomic E-state index is 0.0683. The second kappa shape index (κ2) is 10.8. The van der Waals surface area contributed by atoms with Crippen LogP contribution in [0.4, 0.5) is 5.82 Å². The highest BCUT2D eigenvalue weighted by molar-refractivity contribution is 5.92. The first-order valence-corrected chi connectivity index (χ1v) is 11.9. The molecule has 3 aromatic carbocycles. The number of carbonyl (C=O) groups is 1. The highest BCUT2D eigenvalue weighted by Gasteiger charge is 2.16. The molecule has 2 heterocycles. The summed E-state index contributed by atoms with van der Waals surface area (Å²) in [4.78, 5) is 28.4. The minimum atomic E-state index is 0.0683. The van der Waals surface area contributed by atoms with Gasteiger partial charge in [-0.3, -0.25) is 9.78 Å². The molecule has 0 aliphatic carbocycles. The molecule has 178 valence electrons. The molecule has 0 unspecified atom stereocenters. The van der Waals surface area contributed by atoms with E-state index in [2.05, 4.69) is 50.6 Å². The third kappa shape index (κ3) is 5.39. The van der Waals surface area contributed by atoms with Crippen molar-refractivity contribution in [1.29, 1.82) is 0 Å². The number of fused-ring (bicyclic) bond motifs is 1. The number of aromatic nitrogens is 3. The molecule has 5 rings (SSSR count). The predicted molar refractivity (Wildman–Crippen MR) is 143 cm³/mol. The second-order valence-corrected chi connectivity index (χ2v) is 8.64. The quantitative estimate of drug-likeness (QED) is 0.322. The van der Waals surface area contributed by atoms with Crippen LogP contribution in [-0.4, -0.2) is 32.8 Å². The van der Waals surface area contributed by atoms with Gasteiger partial charge in [-0.25, -0.2) is 9.97 Å². The van der Waals surface area contributed by atoms with E-state index in [1.165, 1.54) is 0 Å². The third-order valence-corrected chi connectivity index (χ3v) is 6.14. The number of nitrogens with one attached hydrogen (secondary N) is 1. The topological polar surface area (TPSA) is 71.0 Å². The van der Waals surface area contributed by atoms with E-state index >= 15 is 0 Å². The van der Waals surface area contributed by atoms with E-state index in [1.807, 2.05) is 72.6 Å². The fourth-order valence-corrected chi connectivity index (χ4v) is 4.31. The van der Waals surface area contributed by atoms with Crippen LogP contribution >= 0.6 is 0 Å². The summed E-state index contributed by atoms with van der Waals surface area (Å²) < 4.78 is 0. The summed E-state index contributed by atoms with van der Waals surface area (Å²) >= 11 is 0. The zero-order chi connectivity index (χ0) is 24.7. The molecule has 2 aromatic heterocycles. The number of rotatable bonds is 8. The smallest absolute Gasteiger partial charge is 0.227 e. The standard InChI is InChI=1S/C30H27N5O/c1-31-30-27-18-25(13-14-28(27)33-21-34-30)24-11-7-10-23(16-24)19-35(20-26-12-5-6-15-32-26)29(36)17-22-8-3-2-4-9-22/h2-16,18,21H,17,19-20H2,1H3,(H,31,33,34). The molecule has 6 heteroatoms. The molecule has 1 amide bonds. The Hall–Kier alpha value is -4.58. The Balaban J connectivity index is 1.43. The molecule has 0 aliphatic rings. The van der Waals surface area contributed by atoms with Crippen LogP contribution in [0.15, 0.2) is 104 Å². The number of benzene rings is 3. The van der Waals surface area contributed by atoms with E-state index in [4.69, 9.17) is 0 Å². The molecule has 0 bridgehead atoms. The van der Waals surface area contributed by atoms with Crippen LogP contribution in [0.25, 0.3) is 22.0 Å². The van der Waals surface area contributed by atoms with Gasteiger partial charge in [0.05, 0.1) is 24.2 Å². The van der Waals surface area contributed by atoms with Gasteiger partial charge in [0.1, 0.15) is 12.1 Å². The molecular weight excluding hydrogens is 446 g/mol. The van der Waals surface area contributed by atoms with Crippen molar-refractivity contribution in [3.8, 4) is 11.1 Å². The predicted octanol–water partition coefficient (Wildman–Crippen LogP) is 5.51. The van der Waals surface area contributed by atoms with Crippen LogP contribution in [0.5, 0.6) is 0 Å². The van der Waals surface area contributed by atoms with Gasteiger partial charge in [-0.2, -0.15) is 0 Å². The molecule has 1 N–H and O–H groups in total. The van der Waals surface area contributed by atoms with Crippen LogP contribution in [0.2, 0.25) is 0 Å². The number of carbonyl (C=O) groups excluding carboxylic acids is 1. The van der Waals surface area contributed by atoms with Crippen molar-refractivity contribution in [2.45, 2.75) is 19.5 Å². The number of hydrogen-bond acceptors (Lipinski definition) is 5. The Bertz CT molecular complexity index is 1470. The SMILES string of the molecule is CNc1ncnc2ccc(-c3cccc(CN(Cc4ccccn4)C(=O)Cc4ccccc4)c3)cc12. The van der Waals surface area contributed by atoms with Crippen molar-refractivity contribution in [1.82, 2.24) is 19.9 Å². The lowest BCUT2D eigenvalue weighted by Gasteiger charge is -2.23. The average molecular weight is 474 g/mol. The highest BCUT2D eigenvalue weighted by atomic mass is 16.2. The Labute approximate surface area is 210 Å². The molecule has 0 fully saturated rings. The fourth-order valence-electron chi connectivity index (χ4n) is 4.31. The summed E-state index contributed by atoms with van der Waals surface area (Å²) in [5.74, 6) is 0.866. The van der Waals surface area contributed by atoms with Gasteiger partial charge in [0, 0.05) is 25.2 Å². The van der Waals surface area contributed by atoms with Crippen LogP contribution < -0.4 is 5.32 Å². The third-order valence-electron chi connectivity index (χ3n) is 6.14. The monoisotopic (exact) mass is 473 g/mol. The van der Waals surface area contributed by atoms with Crippen LogP contribution in [0, 0.1) is 0 Å². The minimum Gasteiger partial charge on any atom is -0.373 e. The number of amides is 1. The van der Waals surface area contributed by atoms with Crippen LogP contribution in [0.3, 0.4) is 0 Å². The maximum atomic E-state index is 13.4. The average Bonchev–Trinajstić information content (AvgIpc) is 2.93. The molecule has 0 radical (unpaired) electrons. The molecule has 0 spiro atoms. The molecular formula is C30H27N5O. The number of pyridine rings is 1. The zero-order valence-corrected chi connectivity index (χ0v) is 20.1. The molecule has 0 saturated carbocycles. The van der Waals surface area contributed by atoms with E-state index in [0.29, 0.717) is 19.5 Å². The first-order chi connectivity index (χ1) is 17.7. The van der Waals surface area contributed by atoms with Gasteiger partial charge in [-0.15, -0.1) is 0 Å². The van der Waals surface area contributed by atoms with Gasteiger partial charge >= 0.3 is 0 Å². The molecule has 5 aromatic rings. The Morgan fingerprint density at radius 3 is 2.39 bits per heavy atom. The van der Waals surface area contributed by atoms with Gasteiger partial charge < -0.3 is 10.2 Å². The van der Waals surface area contributed by atoms with Gasteiger partial charge in [-0.05, 0) is 52.6 Å². The fraction of sp³-hybridized carbons (Fsp3) is 0.133. The second-order valence-electron chi connectivity index (χ2n) is 8.64. The Morgan fingerprint density at radius 2 is 1.58 bits per heavy atom. The highest BCUT2D eigenvalue weighted by Crippen LogP contribution is 2.27. The lowest BCUT2D eigenvalue weighted by Crippen LogP contribution is -2.31. The lowest BCUT2D eigenvalue weighted by atomic mass is 10.0. The van der Waals surface area contributed by atoms with Crippen molar-refractivity contribution >= 4 is 22.6 Å². The summed E-state index contributed by atoms with van der Waals surface area (Å²) in [6.07, 6.45) is 3.68. The lowest BCUT2D eigenvalue weighted by molar-refractivity contribution is -0.131. The molecule has 0 atom stereocenters. The summed E-state index contributed by atoms with van der Waals surface area (Å²) in [7, 11) is 1.86. The zero-order valence-electron chi connectivity index (χ0n) is 20.1. The van der Waals surface area contributed by atoms with Crippen molar-refractivity contribution in [3.05, 3.63) is 120 Å². The molecule has 6 nitrogen and oxygen atoms in total. The van der Waals surface area contributed by atoms with E-state index < -0.39 is 0 Å². The van der Waals surface area contributed by atoms with Crippen molar-refractivity contribution in [3.63, 3.8) is 0 Å².